The van der Waals surface area contributed by atoms with Gasteiger partial charge in [0.05, 0.1) is 19.7 Å². The summed E-state index contributed by atoms with van der Waals surface area (Å²) in [6.07, 6.45) is 0.943. The normalized spacial score (nSPS) is 9.95. The Morgan fingerprint density at radius 3 is 2.65 bits per heavy atom. The summed E-state index contributed by atoms with van der Waals surface area (Å²) in [5.74, 6) is 0.121. The van der Waals surface area contributed by atoms with Gasteiger partial charge in [-0.25, -0.2) is 0 Å². The molecular formula is C14H21N3O3. The van der Waals surface area contributed by atoms with Gasteiger partial charge in [0.25, 0.3) is 0 Å². The van der Waals surface area contributed by atoms with Crippen LogP contribution in [-0.2, 0) is 9.59 Å². The molecule has 0 aliphatic carbocycles. The van der Waals surface area contributed by atoms with Gasteiger partial charge in [0.15, 0.2) is 0 Å². The van der Waals surface area contributed by atoms with Crippen LogP contribution in [0.2, 0.25) is 0 Å². The Morgan fingerprint density at radius 1 is 1.30 bits per heavy atom. The van der Waals surface area contributed by atoms with Crippen LogP contribution < -0.4 is 21.1 Å². The van der Waals surface area contributed by atoms with Gasteiger partial charge in [-0.1, -0.05) is 6.92 Å². The molecule has 2 amide bonds. The van der Waals surface area contributed by atoms with E-state index in [1.807, 2.05) is 19.9 Å². The summed E-state index contributed by atoms with van der Waals surface area (Å²) in [6, 6.07) is 5.45. The van der Waals surface area contributed by atoms with Gasteiger partial charge in [-0.15, -0.1) is 0 Å². The van der Waals surface area contributed by atoms with Crippen molar-refractivity contribution < 1.29 is 14.3 Å². The fraction of sp³-hybridized carbons (Fsp3) is 0.429. The van der Waals surface area contributed by atoms with Gasteiger partial charge >= 0.3 is 0 Å². The molecule has 1 aromatic carbocycles. The average Bonchev–Trinajstić information content (AvgIpc) is 2.45. The summed E-state index contributed by atoms with van der Waals surface area (Å²) in [4.78, 5) is 22.6. The molecule has 0 aromatic heterocycles. The lowest BCUT2D eigenvalue weighted by Gasteiger charge is -2.11. The molecule has 20 heavy (non-hydrogen) atoms. The van der Waals surface area contributed by atoms with Gasteiger partial charge in [0, 0.05) is 5.69 Å². The molecular weight excluding hydrogens is 258 g/mol. The van der Waals surface area contributed by atoms with E-state index < -0.39 is 0 Å². The predicted octanol–water partition coefficient (Wildman–Crippen LogP) is 0.797. The molecule has 4 N–H and O–H groups in total. The van der Waals surface area contributed by atoms with E-state index in [-0.39, 0.29) is 24.9 Å². The first-order chi connectivity index (χ1) is 9.56. The third-order valence-corrected chi connectivity index (χ3v) is 2.58. The fourth-order valence-electron chi connectivity index (χ4n) is 1.53. The second kappa shape index (κ2) is 8.16. The van der Waals surface area contributed by atoms with Crippen molar-refractivity contribution in [2.45, 2.75) is 20.3 Å². The maximum atomic E-state index is 11.6. The monoisotopic (exact) mass is 279 g/mol. The van der Waals surface area contributed by atoms with Crippen LogP contribution >= 0.6 is 0 Å². The smallest absolute Gasteiger partial charge is 0.243 e. The molecule has 0 saturated carbocycles. The molecule has 1 rings (SSSR count). The largest absolute Gasteiger partial charge is 0.494 e. The number of hydrogen-bond acceptors (Lipinski definition) is 4. The van der Waals surface area contributed by atoms with Gasteiger partial charge < -0.3 is 21.1 Å². The number of ether oxygens (including phenoxy) is 1. The van der Waals surface area contributed by atoms with Gasteiger partial charge in [-0.3, -0.25) is 9.59 Å². The second-order valence-electron chi connectivity index (χ2n) is 4.35. The second-order valence-corrected chi connectivity index (χ2v) is 4.35. The SMILES string of the molecule is CCCOc1ccc(NC(=O)CNC(=O)CN)c(C)c1. The Hall–Kier alpha value is -2.08. The van der Waals surface area contributed by atoms with Crippen molar-refractivity contribution in [3.8, 4) is 5.75 Å². The zero-order valence-electron chi connectivity index (χ0n) is 11.9. The third-order valence-electron chi connectivity index (χ3n) is 2.58. The van der Waals surface area contributed by atoms with Crippen molar-refractivity contribution in [3.63, 3.8) is 0 Å². The van der Waals surface area contributed by atoms with Crippen molar-refractivity contribution in [3.05, 3.63) is 23.8 Å². The van der Waals surface area contributed by atoms with Gasteiger partial charge in [0.2, 0.25) is 11.8 Å². The zero-order chi connectivity index (χ0) is 15.0. The van der Waals surface area contributed by atoms with Crippen molar-refractivity contribution >= 4 is 17.5 Å². The molecule has 1 aromatic rings. The Bertz CT molecular complexity index is 475. The minimum atomic E-state index is -0.361. The highest BCUT2D eigenvalue weighted by molar-refractivity contribution is 5.95. The van der Waals surface area contributed by atoms with Crippen LogP contribution in [0.1, 0.15) is 18.9 Å². The summed E-state index contributed by atoms with van der Waals surface area (Å²) >= 11 is 0. The lowest BCUT2D eigenvalue weighted by atomic mass is 10.2. The topological polar surface area (TPSA) is 93.5 Å². The molecule has 6 nitrogen and oxygen atoms in total. The predicted molar refractivity (Wildman–Crippen MR) is 77.7 cm³/mol. The van der Waals surface area contributed by atoms with E-state index in [9.17, 15) is 9.59 Å². The number of hydrogen-bond donors (Lipinski definition) is 3. The average molecular weight is 279 g/mol. The number of nitrogens with one attached hydrogen (secondary N) is 2. The maximum Gasteiger partial charge on any atom is 0.243 e. The van der Waals surface area contributed by atoms with Crippen LogP contribution in [0.15, 0.2) is 18.2 Å². The van der Waals surface area contributed by atoms with Crippen LogP contribution in [0.4, 0.5) is 5.69 Å². The van der Waals surface area contributed by atoms with Crippen molar-refractivity contribution in [1.29, 1.82) is 0 Å². The number of aryl methyl sites for hydroxylation is 1. The minimum absolute atomic E-state index is 0.0937. The van der Waals surface area contributed by atoms with Crippen molar-refractivity contribution in [2.75, 3.05) is 25.0 Å². The van der Waals surface area contributed by atoms with Gasteiger partial charge in [-0.2, -0.15) is 0 Å². The number of rotatable bonds is 7. The van der Waals surface area contributed by atoms with E-state index in [4.69, 9.17) is 10.5 Å². The Kier molecular flexibility index (Phi) is 6.52. The molecule has 0 spiro atoms. The number of anilines is 1. The van der Waals surface area contributed by atoms with Crippen molar-refractivity contribution in [2.24, 2.45) is 5.73 Å². The van der Waals surface area contributed by atoms with E-state index in [2.05, 4.69) is 10.6 Å². The molecule has 0 saturated heterocycles. The number of amides is 2. The molecule has 0 unspecified atom stereocenters. The van der Waals surface area contributed by atoms with E-state index in [1.54, 1.807) is 12.1 Å². The Balaban J connectivity index is 2.55. The van der Waals surface area contributed by atoms with Crippen molar-refractivity contribution in [1.82, 2.24) is 5.32 Å². The number of nitrogens with two attached hydrogens (primary N) is 1. The molecule has 110 valence electrons. The number of benzene rings is 1. The van der Waals surface area contributed by atoms with E-state index >= 15 is 0 Å². The van der Waals surface area contributed by atoms with Crippen LogP contribution in [0.25, 0.3) is 0 Å². The molecule has 6 heteroatoms. The van der Waals surface area contributed by atoms with Crippen LogP contribution in [0, 0.1) is 6.92 Å². The summed E-state index contributed by atoms with van der Waals surface area (Å²) in [6.45, 7) is 4.36. The third kappa shape index (κ3) is 5.27. The molecule has 0 aliphatic rings. The first kappa shape index (κ1) is 16.0. The van der Waals surface area contributed by atoms with E-state index in [1.165, 1.54) is 0 Å². The van der Waals surface area contributed by atoms with Gasteiger partial charge in [0.1, 0.15) is 5.75 Å². The highest BCUT2D eigenvalue weighted by Crippen LogP contribution is 2.21. The first-order valence-electron chi connectivity index (χ1n) is 6.57. The summed E-state index contributed by atoms with van der Waals surface area (Å²) in [5.41, 5.74) is 6.73. The highest BCUT2D eigenvalue weighted by Gasteiger charge is 2.07. The minimum Gasteiger partial charge on any atom is -0.494 e. The Labute approximate surface area is 118 Å². The molecule has 0 radical (unpaired) electrons. The summed E-state index contributed by atoms with van der Waals surface area (Å²) in [7, 11) is 0. The highest BCUT2D eigenvalue weighted by atomic mass is 16.5. The van der Waals surface area contributed by atoms with E-state index in [0.717, 1.165) is 17.7 Å². The first-order valence-corrected chi connectivity index (χ1v) is 6.57. The van der Waals surface area contributed by atoms with Crippen LogP contribution in [-0.4, -0.2) is 31.5 Å². The zero-order valence-corrected chi connectivity index (χ0v) is 11.9. The Morgan fingerprint density at radius 2 is 2.05 bits per heavy atom. The molecule has 0 heterocycles. The lowest BCUT2D eigenvalue weighted by Crippen LogP contribution is -2.36. The maximum absolute atomic E-state index is 11.6. The van der Waals surface area contributed by atoms with Crippen LogP contribution in [0.3, 0.4) is 0 Å². The molecule has 0 fully saturated rings. The molecule has 0 atom stereocenters. The van der Waals surface area contributed by atoms with Crippen LogP contribution in [0.5, 0.6) is 5.75 Å². The quantitative estimate of drug-likeness (QED) is 0.688. The number of carbonyl (C=O) groups is 2. The standard InChI is InChI=1S/C14H21N3O3/c1-3-6-20-11-4-5-12(10(2)7-11)17-14(19)9-16-13(18)8-15/h4-5,7H,3,6,8-9,15H2,1-2H3,(H,16,18)(H,17,19). The fourth-order valence-corrected chi connectivity index (χ4v) is 1.53. The van der Waals surface area contributed by atoms with Gasteiger partial charge in [-0.05, 0) is 37.1 Å². The molecule has 0 bridgehead atoms. The lowest BCUT2D eigenvalue weighted by molar-refractivity contribution is -0.123. The van der Waals surface area contributed by atoms with E-state index in [0.29, 0.717) is 12.3 Å². The summed E-state index contributed by atoms with van der Waals surface area (Å²) in [5, 5.41) is 5.13. The molecule has 0 aliphatic heterocycles. The number of carbonyl (C=O) groups excluding carboxylic acids is 2. The summed E-state index contributed by atoms with van der Waals surface area (Å²) < 4.78 is 5.51.